The highest BCUT2D eigenvalue weighted by Crippen LogP contribution is 2.95. The molecule has 5 atom stereocenters. The van der Waals surface area contributed by atoms with E-state index in [0.29, 0.717) is 0 Å². The monoisotopic (exact) mass is 150 g/mol. The fourth-order valence-corrected chi connectivity index (χ4v) is 4.74. The lowest BCUT2D eigenvalue weighted by molar-refractivity contribution is 0.160. The summed E-state index contributed by atoms with van der Waals surface area (Å²) in [5, 5.41) is 0. The molecule has 0 heteroatoms. The molecule has 5 unspecified atom stereocenters. The predicted molar refractivity (Wildman–Crippen MR) is 46.2 cm³/mol. The molecule has 0 spiro atoms. The van der Waals surface area contributed by atoms with Gasteiger partial charge in [-0.2, -0.15) is 0 Å². The van der Waals surface area contributed by atoms with Crippen molar-refractivity contribution in [2.24, 2.45) is 28.6 Å². The summed E-state index contributed by atoms with van der Waals surface area (Å²) in [5.74, 6) is 3.43. The minimum atomic E-state index is 0.840. The quantitative estimate of drug-likeness (QED) is 0.567. The molecule has 3 aliphatic carbocycles. The molecular weight excluding hydrogens is 132 g/mol. The van der Waals surface area contributed by atoms with Crippen LogP contribution in [0.25, 0.3) is 0 Å². The van der Waals surface area contributed by atoms with Crippen molar-refractivity contribution in [3.05, 3.63) is 0 Å². The van der Waals surface area contributed by atoms with Crippen LogP contribution in [0.2, 0.25) is 0 Å². The Balaban J connectivity index is 1.84. The van der Waals surface area contributed by atoms with E-state index in [1.807, 2.05) is 0 Å². The van der Waals surface area contributed by atoms with Crippen molar-refractivity contribution in [3.8, 4) is 0 Å². The van der Waals surface area contributed by atoms with E-state index >= 15 is 0 Å². The fourth-order valence-electron chi connectivity index (χ4n) is 4.74. The summed E-state index contributed by atoms with van der Waals surface area (Å²) in [7, 11) is 0. The summed E-state index contributed by atoms with van der Waals surface area (Å²) in [6.07, 6.45) is 4.51. The maximum absolute atomic E-state index is 2.54. The molecule has 3 saturated carbocycles. The predicted octanol–water partition coefficient (Wildman–Crippen LogP) is 3.08. The first-order chi connectivity index (χ1) is 5.17. The van der Waals surface area contributed by atoms with Crippen LogP contribution >= 0.6 is 0 Å². The highest BCUT2D eigenvalue weighted by molar-refractivity contribution is 5.37. The molecule has 0 heterocycles. The van der Waals surface area contributed by atoms with Crippen LogP contribution in [0, 0.1) is 28.6 Å². The average molecular weight is 150 g/mol. The SMILES string of the molecule is CCCC12CC1(C)C1C(C)C12. The lowest BCUT2D eigenvalue weighted by Gasteiger charge is -2.31. The normalized spacial score (nSPS) is 69.5. The third kappa shape index (κ3) is 0.421. The summed E-state index contributed by atoms with van der Waals surface area (Å²) < 4.78 is 0. The number of rotatable bonds is 2. The molecule has 0 N–H and O–H groups in total. The maximum Gasteiger partial charge on any atom is -0.0201 e. The van der Waals surface area contributed by atoms with Crippen molar-refractivity contribution in [3.63, 3.8) is 0 Å². The minimum Gasteiger partial charge on any atom is -0.0654 e. The molecule has 0 aromatic heterocycles. The lowest BCUT2D eigenvalue weighted by Crippen LogP contribution is -2.26. The van der Waals surface area contributed by atoms with Crippen LogP contribution < -0.4 is 0 Å². The van der Waals surface area contributed by atoms with Crippen LogP contribution in [0.15, 0.2) is 0 Å². The van der Waals surface area contributed by atoms with Gasteiger partial charge >= 0.3 is 0 Å². The highest BCUT2D eigenvalue weighted by atomic mass is 14.9. The van der Waals surface area contributed by atoms with Crippen molar-refractivity contribution in [1.82, 2.24) is 0 Å². The van der Waals surface area contributed by atoms with Crippen LogP contribution in [0.4, 0.5) is 0 Å². The lowest BCUT2D eigenvalue weighted by atomic mass is 9.73. The zero-order valence-corrected chi connectivity index (χ0v) is 7.85. The van der Waals surface area contributed by atoms with Gasteiger partial charge in [-0.25, -0.2) is 0 Å². The van der Waals surface area contributed by atoms with E-state index in [-0.39, 0.29) is 0 Å². The Morgan fingerprint density at radius 2 is 2.09 bits per heavy atom. The van der Waals surface area contributed by atoms with E-state index in [2.05, 4.69) is 20.8 Å². The fraction of sp³-hybridized carbons (Fsp3) is 1.00. The van der Waals surface area contributed by atoms with Crippen molar-refractivity contribution in [2.45, 2.75) is 40.0 Å². The number of fused-ring (bicyclic) bond motifs is 4. The van der Waals surface area contributed by atoms with Gasteiger partial charge in [-0.15, -0.1) is 0 Å². The molecule has 62 valence electrons. The molecule has 0 radical (unpaired) electrons. The van der Waals surface area contributed by atoms with Crippen LogP contribution in [0.3, 0.4) is 0 Å². The average Bonchev–Trinajstić information content (AvgIpc) is 2.69. The summed E-state index contributed by atoms with van der Waals surface area (Å²) in [6, 6.07) is 0. The van der Waals surface area contributed by atoms with Gasteiger partial charge in [0.1, 0.15) is 0 Å². The Kier molecular flexibility index (Phi) is 0.832. The molecule has 0 amide bonds. The van der Waals surface area contributed by atoms with Crippen molar-refractivity contribution < 1.29 is 0 Å². The Labute approximate surface area is 69.4 Å². The van der Waals surface area contributed by atoms with Crippen molar-refractivity contribution in [2.75, 3.05) is 0 Å². The smallest absolute Gasteiger partial charge is 0.0201 e. The zero-order valence-electron chi connectivity index (χ0n) is 7.85. The summed E-state index contributed by atoms with van der Waals surface area (Å²) in [5.41, 5.74) is 1.72. The molecule has 0 aromatic rings. The topological polar surface area (TPSA) is 0 Å². The van der Waals surface area contributed by atoms with E-state index in [9.17, 15) is 0 Å². The van der Waals surface area contributed by atoms with E-state index < -0.39 is 0 Å². The summed E-state index contributed by atoms with van der Waals surface area (Å²) in [4.78, 5) is 0. The molecule has 0 saturated heterocycles. The van der Waals surface area contributed by atoms with Gasteiger partial charge in [-0.3, -0.25) is 0 Å². The third-order valence-electron chi connectivity index (χ3n) is 5.14. The second-order valence-corrected chi connectivity index (χ2v) is 5.41. The van der Waals surface area contributed by atoms with E-state index in [1.165, 1.54) is 18.8 Å². The van der Waals surface area contributed by atoms with Crippen LogP contribution in [-0.4, -0.2) is 0 Å². The van der Waals surface area contributed by atoms with E-state index in [4.69, 9.17) is 0 Å². The highest BCUT2D eigenvalue weighted by Gasteiger charge is 2.90. The summed E-state index contributed by atoms with van der Waals surface area (Å²) in [6.45, 7) is 7.34. The number of hydrogen-bond acceptors (Lipinski definition) is 0. The standard InChI is InChI=1S/C11H18/c1-4-5-11-6-10(11,3)8-7(2)9(8)11/h7-9H,4-6H2,1-3H3. The Hall–Kier alpha value is 0. The van der Waals surface area contributed by atoms with Gasteiger partial charge in [0, 0.05) is 0 Å². The second kappa shape index (κ2) is 1.41. The minimum absolute atomic E-state index is 0.840. The molecule has 0 aliphatic heterocycles. The Bertz CT molecular complexity index is 220. The largest absolute Gasteiger partial charge is 0.0654 e. The van der Waals surface area contributed by atoms with Gasteiger partial charge < -0.3 is 0 Å². The maximum atomic E-state index is 2.54. The second-order valence-electron chi connectivity index (χ2n) is 5.41. The number of hydrogen-bond donors (Lipinski definition) is 0. The molecule has 11 heavy (non-hydrogen) atoms. The van der Waals surface area contributed by atoms with Gasteiger partial charge in [0.15, 0.2) is 0 Å². The summed E-state index contributed by atoms with van der Waals surface area (Å²) >= 11 is 0. The zero-order chi connectivity index (χ0) is 7.85. The van der Waals surface area contributed by atoms with Gasteiger partial charge in [0.05, 0.1) is 0 Å². The van der Waals surface area contributed by atoms with Gasteiger partial charge in [0.25, 0.3) is 0 Å². The molecule has 0 nitrogen and oxygen atoms in total. The molecule has 3 fully saturated rings. The first kappa shape index (κ1) is 6.51. The third-order valence-corrected chi connectivity index (χ3v) is 5.14. The Morgan fingerprint density at radius 3 is 2.55 bits per heavy atom. The first-order valence-corrected chi connectivity index (χ1v) is 5.17. The van der Waals surface area contributed by atoms with Gasteiger partial charge in [0.2, 0.25) is 0 Å². The Morgan fingerprint density at radius 1 is 1.36 bits per heavy atom. The van der Waals surface area contributed by atoms with Gasteiger partial charge in [-0.1, -0.05) is 27.2 Å². The molecule has 0 aromatic carbocycles. The molecule has 3 aliphatic rings. The first-order valence-electron chi connectivity index (χ1n) is 5.17. The van der Waals surface area contributed by atoms with Crippen LogP contribution in [0.5, 0.6) is 0 Å². The van der Waals surface area contributed by atoms with Crippen LogP contribution in [-0.2, 0) is 0 Å². The molecular formula is C11H18. The van der Waals surface area contributed by atoms with E-state index in [1.54, 1.807) is 6.42 Å². The van der Waals surface area contributed by atoms with Gasteiger partial charge in [-0.05, 0) is 41.4 Å². The van der Waals surface area contributed by atoms with Crippen molar-refractivity contribution in [1.29, 1.82) is 0 Å². The molecule has 0 bridgehead atoms. The van der Waals surface area contributed by atoms with E-state index in [0.717, 1.165) is 22.7 Å². The van der Waals surface area contributed by atoms with Crippen molar-refractivity contribution >= 4 is 0 Å². The molecule has 3 rings (SSSR count). The van der Waals surface area contributed by atoms with Crippen LogP contribution in [0.1, 0.15) is 40.0 Å².